The fourth-order valence-electron chi connectivity index (χ4n) is 3.08. The Hall–Kier alpha value is -1.20. The minimum absolute atomic E-state index is 0.0410. The molecule has 2 heterocycles. The van der Waals surface area contributed by atoms with Gasteiger partial charge in [0.15, 0.2) is 5.82 Å². The van der Waals surface area contributed by atoms with E-state index in [0.717, 1.165) is 49.6 Å². The lowest BCUT2D eigenvalue weighted by Crippen LogP contribution is -2.42. The maximum atomic E-state index is 6.12. The van der Waals surface area contributed by atoms with Crippen LogP contribution < -0.4 is 5.73 Å². The fraction of sp³-hybridized carbons (Fsp3) is 0.733. The monoisotopic (exact) mass is 276 g/mol. The highest BCUT2D eigenvalue weighted by Gasteiger charge is 2.27. The Bertz CT molecular complexity index is 489. The Labute approximate surface area is 120 Å². The Kier molecular flexibility index (Phi) is 3.89. The maximum Gasteiger partial charge on any atom is 0.161 e. The molecule has 5 heteroatoms. The summed E-state index contributed by atoms with van der Waals surface area (Å²) < 4.78 is 5.87. The van der Waals surface area contributed by atoms with Gasteiger partial charge in [0.2, 0.25) is 0 Å². The summed E-state index contributed by atoms with van der Waals surface area (Å²) in [5.74, 6) is 1.43. The molecule has 1 atom stereocenters. The topological polar surface area (TPSA) is 64.3 Å². The number of fused-ring (bicyclic) bond motifs is 1. The number of morpholine rings is 1. The second-order valence-electron chi connectivity index (χ2n) is 6.05. The van der Waals surface area contributed by atoms with Gasteiger partial charge in [-0.2, -0.15) is 0 Å². The Morgan fingerprint density at radius 2 is 2.05 bits per heavy atom. The molecule has 0 amide bonds. The van der Waals surface area contributed by atoms with E-state index in [-0.39, 0.29) is 6.10 Å². The number of ether oxygens (including phenoxy) is 1. The molecule has 0 bridgehead atoms. The van der Waals surface area contributed by atoms with E-state index in [1.54, 1.807) is 0 Å². The molecule has 5 nitrogen and oxygen atoms in total. The van der Waals surface area contributed by atoms with E-state index in [9.17, 15) is 0 Å². The van der Waals surface area contributed by atoms with Crippen LogP contribution in [0.4, 0.5) is 5.82 Å². The normalized spacial score (nSPS) is 23.9. The molecule has 1 fully saturated rings. The van der Waals surface area contributed by atoms with Crippen LogP contribution in [-0.4, -0.2) is 40.6 Å². The van der Waals surface area contributed by atoms with Gasteiger partial charge in [0, 0.05) is 30.4 Å². The molecule has 1 unspecified atom stereocenters. The van der Waals surface area contributed by atoms with E-state index >= 15 is 0 Å². The molecule has 20 heavy (non-hydrogen) atoms. The van der Waals surface area contributed by atoms with Gasteiger partial charge in [-0.1, -0.05) is 0 Å². The molecule has 110 valence electrons. The average molecular weight is 276 g/mol. The Morgan fingerprint density at radius 3 is 2.85 bits per heavy atom. The number of nitrogens with zero attached hydrogens (tertiary/aromatic N) is 3. The number of nitrogen functional groups attached to an aromatic ring is 1. The summed E-state index contributed by atoms with van der Waals surface area (Å²) in [6, 6.07) is 0.524. The van der Waals surface area contributed by atoms with Crippen molar-refractivity contribution in [1.82, 2.24) is 14.9 Å². The molecule has 0 radical (unpaired) electrons. The summed E-state index contributed by atoms with van der Waals surface area (Å²) in [6.07, 6.45) is 4.40. The summed E-state index contributed by atoms with van der Waals surface area (Å²) in [5, 5.41) is 0. The largest absolute Gasteiger partial charge is 0.383 e. The smallest absolute Gasteiger partial charge is 0.161 e. The van der Waals surface area contributed by atoms with Crippen molar-refractivity contribution in [3.8, 4) is 0 Å². The highest BCUT2D eigenvalue weighted by molar-refractivity contribution is 5.43. The van der Waals surface area contributed by atoms with E-state index in [1.165, 1.54) is 12.8 Å². The molecule has 3 rings (SSSR count). The number of nitrogens with two attached hydrogens (primary N) is 1. The summed E-state index contributed by atoms with van der Waals surface area (Å²) >= 11 is 0. The van der Waals surface area contributed by atoms with Crippen molar-refractivity contribution in [3.63, 3.8) is 0 Å². The van der Waals surface area contributed by atoms with Gasteiger partial charge in [-0.05, 0) is 39.5 Å². The number of rotatable bonds is 2. The molecule has 1 saturated heterocycles. The van der Waals surface area contributed by atoms with Crippen molar-refractivity contribution < 1.29 is 4.74 Å². The molecule has 0 spiro atoms. The summed E-state index contributed by atoms with van der Waals surface area (Å²) in [4.78, 5) is 11.7. The molecular formula is C15H24N4O. The predicted octanol–water partition coefficient (Wildman–Crippen LogP) is 1.72. The second-order valence-corrected chi connectivity index (χ2v) is 6.05. The van der Waals surface area contributed by atoms with Crippen LogP contribution in [0, 0.1) is 0 Å². The lowest BCUT2D eigenvalue weighted by Gasteiger charge is -2.35. The van der Waals surface area contributed by atoms with Crippen LogP contribution in [0.1, 0.15) is 49.9 Å². The summed E-state index contributed by atoms with van der Waals surface area (Å²) in [6.45, 7) is 7.00. The van der Waals surface area contributed by atoms with Crippen LogP contribution in [0.15, 0.2) is 0 Å². The molecule has 2 aliphatic rings. The number of hydrogen-bond donors (Lipinski definition) is 1. The third-order valence-corrected chi connectivity index (χ3v) is 4.35. The first-order valence-corrected chi connectivity index (χ1v) is 7.66. The van der Waals surface area contributed by atoms with Crippen molar-refractivity contribution in [2.75, 3.05) is 25.4 Å². The molecule has 1 aromatic heterocycles. The van der Waals surface area contributed by atoms with Crippen LogP contribution in [0.5, 0.6) is 0 Å². The third-order valence-electron chi connectivity index (χ3n) is 4.35. The van der Waals surface area contributed by atoms with Crippen molar-refractivity contribution in [2.45, 2.75) is 51.7 Å². The van der Waals surface area contributed by atoms with E-state index in [2.05, 4.69) is 23.7 Å². The standard InChI is InChI=1S/C15H24N4O/c1-10(2)19-7-8-20-13(9-19)15-17-12-6-4-3-5-11(12)14(16)18-15/h10,13H,3-9H2,1-2H3,(H2,16,17,18). The fourth-order valence-corrected chi connectivity index (χ4v) is 3.08. The predicted molar refractivity (Wildman–Crippen MR) is 78.5 cm³/mol. The minimum Gasteiger partial charge on any atom is -0.383 e. The van der Waals surface area contributed by atoms with Gasteiger partial charge < -0.3 is 10.5 Å². The summed E-state index contributed by atoms with van der Waals surface area (Å²) in [5.41, 5.74) is 8.43. The SMILES string of the molecule is CC(C)N1CCOC(c2nc(N)c3c(n2)CCCC3)C1. The zero-order chi connectivity index (χ0) is 14.1. The lowest BCUT2D eigenvalue weighted by atomic mass is 9.96. The third kappa shape index (κ3) is 2.65. The van der Waals surface area contributed by atoms with Gasteiger partial charge >= 0.3 is 0 Å². The highest BCUT2D eigenvalue weighted by Crippen LogP contribution is 2.27. The summed E-state index contributed by atoms with van der Waals surface area (Å²) in [7, 11) is 0. The van der Waals surface area contributed by atoms with Gasteiger partial charge in [0.05, 0.1) is 6.61 Å². The Morgan fingerprint density at radius 1 is 1.25 bits per heavy atom. The molecule has 0 aromatic carbocycles. The number of anilines is 1. The highest BCUT2D eigenvalue weighted by atomic mass is 16.5. The minimum atomic E-state index is -0.0410. The molecule has 1 aromatic rings. The number of hydrogen-bond acceptors (Lipinski definition) is 5. The lowest BCUT2D eigenvalue weighted by molar-refractivity contribution is -0.0443. The molecular weight excluding hydrogens is 252 g/mol. The van der Waals surface area contributed by atoms with E-state index < -0.39 is 0 Å². The molecule has 2 N–H and O–H groups in total. The van der Waals surface area contributed by atoms with Crippen LogP contribution in [0.25, 0.3) is 0 Å². The van der Waals surface area contributed by atoms with Crippen molar-refractivity contribution in [2.24, 2.45) is 0 Å². The zero-order valence-electron chi connectivity index (χ0n) is 12.4. The first kappa shape index (κ1) is 13.8. The van der Waals surface area contributed by atoms with Crippen LogP contribution >= 0.6 is 0 Å². The van der Waals surface area contributed by atoms with E-state index in [4.69, 9.17) is 15.5 Å². The van der Waals surface area contributed by atoms with Gasteiger partial charge in [-0.3, -0.25) is 4.90 Å². The zero-order valence-corrected chi connectivity index (χ0v) is 12.4. The first-order valence-electron chi connectivity index (χ1n) is 7.66. The Balaban J connectivity index is 1.84. The van der Waals surface area contributed by atoms with Crippen LogP contribution in [0.3, 0.4) is 0 Å². The van der Waals surface area contributed by atoms with Crippen LogP contribution in [0.2, 0.25) is 0 Å². The van der Waals surface area contributed by atoms with Crippen LogP contribution in [-0.2, 0) is 17.6 Å². The average Bonchev–Trinajstić information content (AvgIpc) is 2.47. The van der Waals surface area contributed by atoms with E-state index in [0.29, 0.717) is 11.9 Å². The van der Waals surface area contributed by atoms with E-state index in [1.807, 2.05) is 0 Å². The van der Waals surface area contributed by atoms with Crippen molar-refractivity contribution >= 4 is 5.82 Å². The number of aromatic nitrogens is 2. The van der Waals surface area contributed by atoms with Crippen molar-refractivity contribution in [3.05, 3.63) is 17.1 Å². The van der Waals surface area contributed by atoms with Gasteiger partial charge in [0.1, 0.15) is 11.9 Å². The number of aryl methyl sites for hydroxylation is 1. The molecule has 0 saturated carbocycles. The maximum absolute atomic E-state index is 6.12. The quantitative estimate of drug-likeness (QED) is 0.891. The van der Waals surface area contributed by atoms with Gasteiger partial charge in [0.25, 0.3) is 0 Å². The second kappa shape index (κ2) is 5.66. The van der Waals surface area contributed by atoms with Gasteiger partial charge in [-0.25, -0.2) is 9.97 Å². The first-order chi connectivity index (χ1) is 9.65. The van der Waals surface area contributed by atoms with Crippen molar-refractivity contribution in [1.29, 1.82) is 0 Å². The molecule has 1 aliphatic carbocycles. The molecule has 1 aliphatic heterocycles. The van der Waals surface area contributed by atoms with Gasteiger partial charge in [-0.15, -0.1) is 0 Å².